The molecule has 0 amide bonds. The lowest BCUT2D eigenvalue weighted by Crippen LogP contribution is -2.13. The molecular formula is C56H53F5O10. The maximum Gasteiger partial charge on any atom is 0.343 e. The van der Waals surface area contributed by atoms with Crippen molar-refractivity contribution in [1.82, 2.24) is 0 Å². The maximum absolute atomic E-state index is 13.8. The van der Waals surface area contributed by atoms with E-state index in [1.807, 2.05) is 6.07 Å². The van der Waals surface area contributed by atoms with E-state index in [9.17, 15) is 41.1 Å². The van der Waals surface area contributed by atoms with Crippen molar-refractivity contribution in [3.05, 3.63) is 167 Å². The SMILES string of the molecule is CCCCCCCCCCCCOc1ccc(C(=O)Oc2ccc(C(=O)Oc3cccc(-c4ccc(OC(=O)c5ccc(OCCCCC(=O)Oc6c(F)c(F)c(F)c(F)c6F)cc5)cc4)c3)cc2)cc1. The van der Waals surface area contributed by atoms with E-state index in [1.165, 1.54) is 99.9 Å². The Morgan fingerprint density at radius 1 is 0.380 bits per heavy atom. The van der Waals surface area contributed by atoms with Crippen LogP contribution in [0.1, 0.15) is 121 Å². The molecule has 6 rings (SSSR count). The number of hydrogen-bond acceptors (Lipinski definition) is 10. The standard InChI is InChI=1S/C56H53F5O10/c1-2-3-4-5-6-7-8-9-10-12-34-66-42-26-20-39(21-27-42)55(64)69-45-32-24-40(25-33-45)56(65)70-46-16-14-15-41(36-46)37-18-30-44(31-19-37)68-54(63)38-22-28-43(29-23-38)67-35-13-11-17-47(62)71-53-51(60)49(58)48(57)50(59)52(53)61/h14-16,18-33,36H,2-13,17,34-35H2,1H3. The molecule has 0 unspecified atom stereocenters. The van der Waals surface area contributed by atoms with E-state index >= 15 is 0 Å². The second kappa shape index (κ2) is 27.0. The van der Waals surface area contributed by atoms with Crippen molar-refractivity contribution in [2.24, 2.45) is 0 Å². The van der Waals surface area contributed by atoms with E-state index < -0.39 is 58.7 Å². The lowest BCUT2D eigenvalue weighted by atomic mass is 10.1. The number of hydrogen-bond donors (Lipinski definition) is 0. The lowest BCUT2D eigenvalue weighted by Gasteiger charge is -2.10. The highest BCUT2D eigenvalue weighted by molar-refractivity contribution is 5.93. The van der Waals surface area contributed by atoms with Gasteiger partial charge in [0.25, 0.3) is 0 Å². The van der Waals surface area contributed by atoms with Crippen molar-refractivity contribution < 1.29 is 69.6 Å². The van der Waals surface area contributed by atoms with Gasteiger partial charge >= 0.3 is 23.9 Å². The molecule has 0 heterocycles. The number of halogens is 5. The van der Waals surface area contributed by atoms with Gasteiger partial charge in [-0.25, -0.2) is 27.6 Å². The third kappa shape index (κ3) is 16.0. The Labute approximate surface area is 408 Å². The molecule has 0 N–H and O–H groups in total. The summed E-state index contributed by atoms with van der Waals surface area (Å²) in [5, 5.41) is 0. The van der Waals surface area contributed by atoms with E-state index in [0.29, 0.717) is 29.4 Å². The third-order valence-electron chi connectivity index (χ3n) is 11.1. The summed E-state index contributed by atoms with van der Waals surface area (Å²) in [7, 11) is 0. The van der Waals surface area contributed by atoms with Gasteiger partial charge in [-0.2, -0.15) is 8.78 Å². The molecule has 0 aliphatic heterocycles. The van der Waals surface area contributed by atoms with Crippen molar-refractivity contribution >= 4 is 23.9 Å². The van der Waals surface area contributed by atoms with E-state index in [-0.39, 0.29) is 48.5 Å². The molecule has 0 spiro atoms. The fourth-order valence-electron chi connectivity index (χ4n) is 7.17. The van der Waals surface area contributed by atoms with Crippen LogP contribution in [0.3, 0.4) is 0 Å². The molecule has 71 heavy (non-hydrogen) atoms. The van der Waals surface area contributed by atoms with Gasteiger partial charge in [0.1, 0.15) is 28.7 Å². The van der Waals surface area contributed by atoms with Gasteiger partial charge in [-0.3, -0.25) is 4.79 Å². The molecule has 0 aliphatic carbocycles. The molecule has 0 aliphatic rings. The molecule has 0 atom stereocenters. The van der Waals surface area contributed by atoms with Crippen molar-refractivity contribution in [2.75, 3.05) is 13.2 Å². The predicted octanol–water partition coefficient (Wildman–Crippen LogP) is 14.2. The van der Waals surface area contributed by atoms with Crippen LogP contribution < -0.4 is 28.4 Å². The lowest BCUT2D eigenvalue weighted by molar-refractivity contribution is -0.135. The predicted molar refractivity (Wildman–Crippen MR) is 255 cm³/mol. The third-order valence-corrected chi connectivity index (χ3v) is 11.1. The van der Waals surface area contributed by atoms with Gasteiger partial charge in [0.15, 0.2) is 0 Å². The number of unbranched alkanes of at least 4 members (excludes halogenated alkanes) is 10. The molecule has 0 fully saturated rings. The molecule has 372 valence electrons. The van der Waals surface area contributed by atoms with Crippen LogP contribution in [0.15, 0.2) is 121 Å². The zero-order valence-electron chi connectivity index (χ0n) is 39.1. The first-order valence-corrected chi connectivity index (χ1v) is 23.5. The van der Waals surface area contributed by atoms with Gasteiger partial charge in [-0.05, 0) is 127 Å². The Morgan fingerprint density at radius 2 is 0.775 bits per heavy atom. The minimum atomic E-state index is -2.36. The summed E-state index contributed by atoms with van der Waals surface area (Å²) in [6.45, 7) is 2.95. The first-order valence-electron chi connectivity index (χ1n) is 23.5. The number of benzene rings is 6. The largest absolute Gasteiger partial charge is 0.494 e. The van der Waals surface area contributed by atoms with E-state index in [4.69, 9.17) is 23.7 Å². The van der Waals surface area contributed by atoms with Gasteiger partial charge in [0.05, 0.1) is 29.9 Å². The first-order chi connectivity index (χ1) is 34.4. The normalized spacial score (nSPS) is 10.9. The Hall–Kier alpha value is -7.55. The topological polar surface area (TPSA) is 124 Å². The van der Waals surface area contributed by atoms with Gasteiger partial charge in [-0.15, -0.1) is 0 Å². The number of ether oxygens (including phenoxy) is 6. The van der Waals surface area contributed by atoms with Crippen LogP contribution in [0.4, 0.5) is 22.0 Å². The van der Waals surface area contributed by atoms with Crippen LogP contribution in [0.25, 0.3) is 11.1 Å². The van der Waals surface area contributed by atoms with Crippen LogP contribution in [0.5, 0.6) is 34.5 Å². The van der Waals surface area contributed by atoms with Crippen molar-refractivity contribution in [1.29, 1.82) is 0 Å². The van der Waals surface area contributed by atoms with E-state index in [1.54, 1.807) is 66.7 Å². The number of esters is 4. The summed E-state index contributed by atoms with van der Waals surface area (Å²) >= 11 is 0. The smallest absolute Gasteiger partial charge is 0.343 e. The van der Waals surface area contributed by atoms with Crippen LogP contribution in [-0.4, -0.2) is 37.1 Å². The van der Waals surface area contributed by atoms with Crippen LogP contribution in [-0.2, 0) is 4.79 Å². The van der Waals surface area contributed by atoms with Crippen molar-refractivity contribution in [3.8, 4) is 45.6 Å². The van der Waals surface area contributed by atoms with Gasteiger partial charge in [0.2, 0.25) is 34.8 Å². The van der Waals surface area contributed by atoms with E-state index in [0.717, 1.165) is 24.0 Å². The average Bonchev–Trinajstić information content (AvgIpc) is 3.38. The molecule has 0 bridgehead atoms. The summed E-state index contributed by atoms with van der Waals surface area (Å²) < 4.78 is 100.0. The fraction of sp³-hybridized carbons (Fsp3) is 0.286. The van der Waals surface area contributed by atoms with Gasteiger partial charge in [-0.1, -0.05) is 89.0 Å². The van der Waals surface area contributed by atoms with Crippen LogP contribution in [0, 0.1) is 29.1 Å². The molecule has 0 saturated heterocycles. The highest BCUT2D eigenvalue weighted by Crippen LogP contribution is 2.30. The summed E-state index contributed by atoms with van der Waals surface area (Å²) in [6.07, 6.45) is 12.5. The Balaban J connectivity index is 0.882. The average molecular weight is 981 g/mol. The monoisotopic (exact) mass is 980 g/mol. The molecule has 6 aromatic rings. The van der Waals surface area contributed by atoms with Crippen LogP contribution >= 0.6 is 0 Å². The highest BCUT2D eigenvalue weighted by atomic mass is 19.2. The highest BCUT2D eigenvalue weighted by Gasteiger charge is 2.28. The second-order valence-electron chi connectivity index (χ2n) is 16.5. The van der Waals surface area contributed by atoms with Gasteiger partial charge in [0, 0.05) is 6.42 Å². The molecule has 10 nitrogen and oxygen atoms in total. The maximum atomic E-state index is 13.8. The summed E-state index contributed by atoms with van der Waals surface area (Å²) in [6, 6.07) is 32.5. The molecule has 6 aromatic carbocycles. The second-order valence-corrected chi connectivity index (χ2v) is 16.5. The zero-order valence-corrected chi connectivity index (χ0v) is 39.1. The Kier molecular flexibility index (Phi) is 20.1. The number of rotatable bonds is 26. The van der Waals surface area contributed by atoms with Crippen molar-refractivity contribution in [3.63, 3.8) is 0 Å². The quantitative estimate of drug-likeness (QED) is 0.0130. The summed E-state index contributed by atoms with van der Waals surface area (Å²) in [4.78, 5) is 50.7. The molecule has 15 heteroatoms. The number of carbonyl (C=O) groups excluding carboxylic acids is 4. The fourth-order valence-corrected chi connectivity index (χ4v) is 7.17. The van der Waals surface area contributed by atoms with Crippen molar-refractivity contribution in [2.45, 2.75) is 90.4 Å². The molecular weight excluding hydrogens is 928 g/mol. The summed E-state index contributed by atoms with van der Waals surface area (Å²) in [5.74, 6) is -14.1. The van der Waals surface area contributed by atoms with Crippen LogP contribution in [0.2, 0.25) is 0 Å². The van der Waals surface area contributed by atoms with Gasteiger partial charge < -0.3 is 28.4 Å². The van der Waals surface area contributed by atoms with E-state index in [2.05, 4.69) is 11.7 Å². The summed E-state index contributed by atoms with van der Waals surface area (Å²) in [5.41, 5.74) is 2.31. The first kappa shape index (κ1) is 52.8. The Morgan fingerprint density at radius 3 is 1.25 bits per heavy atom. The molecule has 0 saturated carbocycles. The minimum Gasteiger partial charge on any atom is -0.494 e. The number of carbonyl (C=O) groups is 4. The molecule has 0 aromatic heterocycles. The minimum absolute atomic E-state index is 0.0957. The Bertz CT molecular complexity index is 2680. The zero-order chi connectivity index (χ0) is 50.5. The molecule has 0 radical (unpaired) electrons.